The number of aliphatic hydroxyl groups is 1. The second kappa shape index (κ2) is 6.76. The Balaban J connectivity index is 1.55. The number of benzene rings is 1. The highest BCUT2D eigenvalue weighted by Crippen LogP contribution is 2.31. The summed E-state index contributed by atoms with van der Waals surface area (Å²) in [6, 6.07) is 9.57. The first-order chi connectivity index (χ1) is 12.2. The van der Waals surface area contributed by atoms with Crippen LogP contribution in [-0.4, -0.2) is 40.1 Å². The largest absolute Gasteiger partial charge is 0.382 e. The molecule has 0 aromatic heterocycles. The Hall–Kier alpha value is -2.53. The van der Waals surface area contributed by atoms with Crippen molar-refractivity contribution in [3.05, 3.63) is 71.7 Å². The first kappa shape index (κ1) is 16.0. The molecule has 1 fully saturated rings. The fraction of sp³-hybridized carbons (Fsp3) is 0.350. The molecule has 2 N–H and O–H groups in total. The van der Waals surface area contributed by atoms with E-state index in [1.807, 2.05) is 64.7 Å². The molecule has 1 aromatic rings. The van der Waals surface area contributed by atoms with Crippen LogP contribution in [0.4, 0.5) is 0 Å². The minimum atomic E-state index is -0.729. The van der Waals surface area contributed by atoms with E-state index in [0.29, 0.717) is 5.57 Å². The summed E-state index contributed by atoms with van der Waals surface area (Å²) >= 11 is 0. The van der Waals surface area contributed by atoms with E-state index in [4.69, 9.17) is 0 Å². The summed E-state index contributed by atoms with van der Waals surface area (Å²) in [6.07, 6.45) is 10.1. The van der Waals surface area contributed by atoms with Crippen LogP contribution in [0.25, 0.3) is 0 Å². The maximum Gasteiger partial charge on any atom is 0.255 e. The number of piperidine rings is 1. The Bertz CT molecular complexity index is 733. The average molecular weight is 337 g/mol. The number of nitrogens with zero attached hydrogens (tertiary/aromatic N) is 2. The lowest BCUT2D eigenvalue weighted by Crippen LogP contribution is -2.39. The lowest BCUT2D eigenvalue weighted by atomic mass is 10.0. The first-order valence-corrected chi connectivity index (χ1v) is 8.91. The zero-order chi connectivity index (χ0) is 17.2. The number of hydrogen-bond donors (Lipinski definition) is 2. The van der Waals surface area contributed by atoms with E-state index in [-0.39, 0.29) is 12.1 Å². The topological polar surface area (TPSA) is 55.8 Å². The number of likely N-dealkylation sites (tertiary alicyclic amines) is 1. The normalized spacial score (nSPS) is 23.5. The Kier molecular flexibility index (Phi) is 4.32. The molecule has 1 saturated heterocycles. The Labute approximate surface area is 147 Å². The summed E-state index contributed by atoms with van der Waals surface area (Å²) in [4.78, 5) is 16.6. The number of amides is 1. The average Bonchev–Trinajstić information content (AvgIpc) is 3.11. The van der Waals surface area contributed by atoms with Crippen LogP contribution in [0.5, 0.6) is 0 Å². The predicted octanol–water partition coefficient (Wildman–Crippen LogP) is 2.26. The standard InChI is InChI=1S/C20H23N3O2/c24-19(15-7-3-1-4-8-15)17-13-21-18-10-9-16(14-23(17)18)20(25)22-11-5-2-6-12-22/h1,3-4,7-10,13-14,18-19,21,24H,2,5-6,11-12H2. The van der Waals surface area contributed by atoms with Gasteiger partial charge in [0.05, 0.1) is 11.3 Å². The molecule has 3 aliphatic heterocycles. The van der Waals surface area contributed by atoms with Gasteiger partial charge in [-0.1, -0.05) is 30.3 Å². The molecule has 2 atom stereocenters. The third-order valence-corrected chi connectivity index (χ3v) is 5.02. The van der Waals surface area contributed by atoms with Gasteiger partial charge in [-0.15, -0.1) is 0 Å². The van der Waals surface area contributed by atoms with Crippen LogP contribution in [0.3, 0.4) is 0 Å². The van der Waals surface area contributed by atoms with Crippen molar-refractivity contribution < 1.29 is 9.90 Å². The molecule has 3 heterocycles. The maximum absolute atomic E-state index is 12.8. The monoisotopic (exact) mass is 337 g/mol. The highest BCUT2D eigenvalue weighted by Gasteiger charge is 2.31. The second-order valence-corrected chi connectivity index (χ2v) is 6.70. The summed E-state index contributed by atoms with van der Waals surface area (Å²) < 4.78 is 0. The summed E-state index contributed by atoms with van der Waals surface area (Å²) in [6.45, 7) is 1.67. The minimum absolute atomic E-state index is 0.0498. The lowest BCUT2D eigenvalue weighted by molar-refractivity contribution is -0.127. The number of carbonyl (C=O) groups is 1. The molecule has 1 aromatic carbocycles. The maximum atomic E-state index is 12.8. The summed E-state index contributed by atoms with van der Waals surface area (Å²) in [5.41, 5.74) is 2.26. The third-order valence-electron chi connectivity index (χ3n) is 5.02. The van der Waals surface area contributed by atoms with Crippen LogP contribution >= 0.6 is 0 Å². The van der Waals surface area contributed by atoms with Gasteiger partial charge >= 0.3 is 0 Å². The van der Waals surface area contributed by atoms with Gasteiger partial charge in [0.25, 0.3) is 5.91 Å². The summed E-state index contributed by atoms with van der Waals surface area (Å²) in [7, 11) is 0. The van der Waals surface area contributed by atoms with Crippen molar-refractivity contribution in [2.24, 2.45) is 0 Å². The van der Waals surface area contributed by atoms with Gasteiger partial charge in [-0.05, 0) is 37.0 Å². The van der Waals surface area contributed by atoms with Gasteiger partial charge in [0.1, 0.15) is 12.3 Å². The van der Waals surface area contributed by atoms with E-state index < -0.39 is 6.10 Å². The molecule has 1 amide bonds. The zero-order valence-corrected chi connectivity index (χ0v) is 14.1. The Morgan fingerprint density at radius 2 is 1.92 bits per heavy atom. The summed E-state index contributed by atoms with van der Waals surface area (Å²) in [5, 5.41) is 14.0. The van der Waals surface area contributed by atoms with Crippen molar-refractivity contribution in [2.45, 2.75) is 31.5 Å². The fourth-order valence-electron chi connectivity index (χ4n) is 3.61. The van der Waals surface area contributed by atoms with Gasteiger partial charge in [0.15, 0.2) is 0 Å². The smallest absolute Gasteiger partial charge is 0.255 e. The molecule has 25 heavy (non-hydrogen) atoms. The van der Waals surface area contributed by atoms with Crippen molar-refractivity contribution in [2.75, 3.05) is 13.1 Å². The fourth-order valence-corrected chi connectivity index (χ4v) is 3.61. The van der Waals surface area contributed by atoms with Gasteiger partial charge in [-0.3, -0.25) is 4.79 Å². The first-order valence-electron chi connectivity index (χ1n) is 8.91. The van der Waals surface area contributed by atoms with Crippen molar-refractivity contribution in [1.82, 2.24) is 15.1 Å². The molecule has 2 unspecified atom stereocenters. The van der Waals surface area contributed by atoms with Gasteiger partial charge in [0.2, 0.25) is 0 Å². The van der Waals surface area contributed by atoms with Crippen LogP contribution in [0.2, 0.25) is 0 Å². The minimum Gasteiger partial charge on any atom is -0.382 e. The molecule has 3 aliphatic rings. The molecule has 0 saturated carbocycles. The van der Waals surface area contributed by atoms with Crippen molar-refractivity contribution in [1.29, 1.82) is 0 Å². The Morgan fingerprint density at radius 3 is 2.68 bits per heavy atom. The van der Waals surface area contributed by atoms with E-state index in [1.165, 1.54) is 6.42 Å². The van der Waals surface area contributed by atoms with Crippen molar-refractivity contribution in [3.63, 3.8) is 0 Å². The van der Waals surface area contributed by atoms with E-state index >= 15 is 0 Å². The van der Waals surface area contributed by atoms with Crippen LogP contribution < -0.4 is 5.32 Å². The highest BCUT2D eigenvalue weighted by atomic mass is 16.3. The highest BCUT2D eigenvalue weighted by molar-refractivity contribution is 5.96. The molecular weight excluding hydrogens is 314 g/mol. The number of nitrogens with one attached hydrogen (secondary N) is 1. The lowest BCUT2D eigenvalue weighted by Gasteiger charge is -2.32. The van der Waals surface area contributed by atoms with E-state index in [1.54, 1.807) is 0 Å². The van der Waals surface area contributed by atoms with Gasteiger partial charge in [-0.25, -0.2) is 0 Å². The number of fused-ring (bicyclic) bond motifs is 1. The molecule has 0 aliphatic carbocycles. The van der Waals surface area contributed by atoms with Gasteiger partial charge < -0.3 is 20.2 Å². The van der Waals surface area contributed by atoms with Crippen LogP contribution in [-0.2, 0) is 4.79 Å². The number of carbonyl (C=O) groups excluding carboxylic acids is 1. The number of hydrogen-bond acceptors (Lipinski definition) is 4. The molecule has 130 valence electrons. The van der Waals surface area contributed by atoms with E-state index in [0.717, 1.165) is 37.2 Å². The predicted molar refractivity (Wildman–Crippen MR) is 95.9 cm³/mol. The van der Waals surface area contributed by atoms with Crippen LogP contribution in [0, 0.1) is 0 Å². The second-order valence-electron chi connectivity index (χ2n) is 6.70. The molecule has 0 spiro atoms. The van der Waals surface area contributed by atoms with Crippen molar-refractivity contribution >= 4 is 5.91 Å². The van der Waals surface area contributed by atoms with Crippen LogP contribution in [0.15, 0.2) is 66.2 Å². The molecule has 0 radical (unpaired) electrons. The van der Waals surface area contributed by atoms with Crippen molar-refractivity contribution in [3.8, 4) is 0 Å². The molecular formula is C20H23N3O2. The SMILES string of the molecule is O=C(C1=CN2C(C(O)c3ccccc3)=CNC2C=C1)N1CCCCC1. The third kappa shape index (κ3) is 3.07. The molecule has 5 nitrogen and oxygen atoms in total. The Morgan fingerprint density at radius 1 is 1.16 bits per heavy atom. The van der Waals surface area contributed by atoms with Gasteiger partial charge in [0, 0.05) is 25.5 Å². The van der Waals surface area contributed by atoms with Crippen LogP contribution in [0.1, 0.15) is 30.9 Å². The number of aliphatic hydroxyl groups excluding tert-OH is 1. The van der Waals surface area contributed by atoms with E-state index in [9.17, 15) is 9.90 Å². The zero-order valence-electron chi connectivity index (χ0n) is 14.1. The quantitative estimate of drug-likeness (QED) is 0.888. The van der Waals surface area contributed by atoms with Gasteiger partial charge in [-0.2, -0.15) is 0 Å². The molecule has 0 bridgehead atoms. The molecule has 4 rings (SSSR count). The summed E-state index contributed by atoms with van der Waals surface area (Å²) in [5.74, 6) is 0.0786. The molecule has 5 heteroatoms. The number of rotatable bonds is 3. The van der Waals surface area contributed by atoms with E-state index in [2.05, 4.69) is 5.32 Å².